The molecule has 3 N–H and O–H groups in total. The minimum atomic E-state index is -0.241. The van der Waals surface area contributed by atoms with Crippen LogP contribution in [0.1, 0.15) is 0 Å². The highest BCUT2D eigenvalue weighted by atomic mass is 32.1. The number of benzene rings is 2. The van der Waals surface area contributed by atoms with Gasteiger partial charge in [0.05, 0.1) is 16.6 Å². The van der Waals surface area contributed by atoms with Crippen LogP contribution in [0.2, 0.25) is 0 Å². The molecular weight excluding hydrogens is 400 g/mol. The number of hydrogen-bond donors (Lipinski definition) is 2. The van der Waals surface area contributed by atoms with Gasteiger partial charge in [-0.3, -0.25) is 9.78 Å². The SMILES string of the molecule is Nc1nc2ccc(-c3cncc(-c4nc(=S)o[nH]4)c3)cc2c(=O)n1-c1ccccc1. The number of nitrogens with one attached hydrogen (secondary N) is 1. The number of aromatic nitrogens is 5. The second-order valence-electron chi connectivity index (χ2n) is 6.57. The van der Waals surface area contributed by atoms with Crippen LogP contribution in [0.25, 0.3) is 39.1 Å². The Hall–Kier alpha value is -4.11. The fourth-order valence-electron chi connectivity index (χ4n) is 3.29. The number of H-pyrrole nitrogens is 1. The van der Waals surface area contributed by atoms with E-state index in [1.807, 2.05) is 42.5 Å². The number of fused-ring (bicyclic) bond motifs is 1. The normalized spacial score (nSPS) is 11.1. The maximum atomic E-state index is 13.2. The minimum absolute atomic E-state index is 0.117. The molecule has 30 heavy (non-hydrogen) atoms. The van der Waals surface area contributed by atoms with E-state index < -0.39 is 0 Å². The lowest BCUT2D eigenvalue weighted by molar-refractivity contribution is 0.406. The number of anilines is 1. The first-order chi connectivity index (χ1) is 14.6. The summed E-state index contributed by atoms with van der Waals surface area (Å²) in [6.07, 6.45) is 3.36. The molecule has 0 saturated carbocycles. The molecule has 0 radical (unpaired) electrons. The van der Waals surface area contributed by atoms with Gasteiger partial charge in [0.2, 0.25) is 5.95 Å². The van der Waals surface area contributed by atoms with Gasteiger partial charge in [0.15, 0.2) is 5.82 Å². The molecule has 0 spiro atoms. The molecular formula is C21H14N6O2S. The Labute approximate surface area is 174 Å². The predicted molar refractivity (Wildman–Crippen MR) is 116 cm³/mol. The van der Waals surface area contributed by atoms with Gasteiger partial charge in [0, 0.05) is 23.5 Å². The Kier molecular flexibility index (Phi) is 4.22. The highest BCUT2D eigenvalue weighted by Gasteiger charge is 2.12. The third-order valence-electron chi connectivity index (χ3n) is 4.69. The van der Waals surface area contributed by atoms with Crippen molar-refractivity contribution in [3.8, 4) is 28.2 Å². The molecule has 0 aliphatic heterocycles. The summed E-state index contributed by atoms with van der Waals surface area (Å²) in [5.41, 5.74) is 9.34. The predicted octanol–water partition coefficient (Wildman–Crippen LogP) is 3.74. The van der Waals surface area contributed by atoms with E-state index in [1.165, 1.54) is 4.57 Å². The molecule has 8 nitrogen and oxygen atoms in total. The van der Waals surface area contributed by atoms with Gasteiger partial charge in [0.25, 0.3) is 5.56 Å². The lowest BCUT2D eigenvalue weighted by Gasteiger charge is -2.11. The van der Waals surface area contributed by atoms with Crippen LogP contribution in [0.15, 0.2) is 76.3 Å². The number of hydrogen-bond acceptors (Lipinski definition) is 7. The summed E-state index contributed by atoms with van der Waals surface area (Å²) >= 11 is 4.91. The standard InChI is InChI=1S/C21H14N6O2S/c22-20-24-17-7-6-12(9-16(17)19(28)27(20)15-4-2-1-3-5-15)13-8-14(11-23-10-13)18-25-21(30)29-26-18/h1-11H,(H2,22,24)(H,25,26,30). The fraction of sp³-hybridized carbons (Fsp3) is 0. The molecule has 0 fully saturated rings. The van der Waals surface area contributed by atoms with Gasteiger partial charge in [-0.25, -0.2) is 14.7 Å². The van der Waals surface area contributed by atoms with Crippen molar-refractivity contribution < 1.29 is 4.52 Å². The van der Waals surface area contributed by atoms with Gasteiger partial charge in [-0.1, -0.05) is 24.3 Å². The molecule has 3 heterocycles. The quantitative estimate of drug-likeness (QED) is 0.432. The largest absolute Gasteiger partial charge is 0.369 e. The van der Waals surface area contributed by atoms with Gasteiger partial charge in [-0.2, -0.15) is 4.98 Å². The van der Waals surface area contributed by atoms with Gasteiger partial charge >= 0.3 is 4.84 Å². The summed E-state index contributed by atoms with van der Waals surface area (Å²) in [6.45, 7) is 0. The summed E-state index contributed by atoms with van der Waals surface area (Å²) in [5, 5.41) is 3.12. The van der Waals surface area contributed by atoms with E-state index in [-0.39, 0.29) is 16.3 Å². The second-order valence-corrected chi connectivity index (χ2v) is 6.92. The lowest BCUT2D eigenvalue weighted by Crippen LogP contribution is -2.23. The first-order valence-electron chi connectivity index (χ1n) is 8.99. The van der Waals surface area contributed by atoms with E-state index in [0.29, 0.717) is 28.0 Å². The molecule has 9 heteroatoms. The smallest absolute Gasteiger partial charge is 0.314 e. The molecule has 0 unspecified atom stereocenters. The van der Waals surface area contributed by atoms with Crippen LogP contribution in [-0.4, -0.2) is 24.7 Å². The summed E-state index contributed by atoms with van der Waals surface area (Å²) < 4.78 is 6.39. The molecule has 3 aromatic heterocycles. The maximum Gasteiger partial charge on any atom is 0.314 e. The van der Waals surface area contributed by atoms with Crippen LogP contribution < -0.4 is 11.3 Å². The highest BCUT2D eigenvalue weighted by Crippen LogP contribution is 2.26. The van der Waals surface area contributed by atoms with Crippen molar-refractivity contribution in [1.82, 2.24) is 24.7 Å². The summed E-state index contributed by atoms with van der Waals surface area (Å²) in [5.74, 6) is 0.618. The van der Waals surface area contributed by atoms with Crippen LogP contribution in [-0.2, 0) is 0 Å². The van der Waals surface area contributed by atoms with E-state index in [4.69, 9.17) is 22.5 Å². The molecule has 0 saturated heterocycles. The fourth-order valence-corrected chi connectivity index (χ4v) is 3.42. The van der Waals surface area contributed by atoms with Crippen molar-refractivity contribution in [2.45, 2.75) is 0 Å². The Bertz CT molecular complexity index is 1500. The van der Waals surface area contributed by atoms with Crippen LogP contribution in [0.5, 0.6) is 0 Å². The number of nitrogen functional groups attached to an aromatic ring is 1. The maximum absolute atomic E-state index is 13.2. The average molecular weight is 414 g/mol. The van der Waals surface area contributed by atoms with Crippen molar-refractivity contribution in [2.24, 2.45) is 0 Å². The molecule has 0 atom stereocenters. The van der Waals surface area contributed by atoms with Gasteiger partial charge < -0.3 is 10.3 Å². The van der Waals surface area contributed by atoms with Crippen molar-refractivity contribution in [1.29, 1.82) is 0 Å². The number of aromatic amines is 1. The van der Waals surface area contributed by atoms with E-state index in [2.05, 4.69) is 20.1 Å². The lowest BCUT2D eigenvalue weighted by atomic mass is 10.0. The molecule has 5 rings (SSSR count). The zero-order valence-corrected chi connectivity index (χ0v) is 16.3. The molecule has 0 bridgehead atoms. The van der Waals surface area contributed by atoms with Gasteiger partial charge in [0.1, 0.15) is 0 Å². The number of para-hydroxylation sites is 1. The van der Waals surface area contributed by atoms with Crippen molar-refractivity contribution >= 4 is 29.1 Å². The number of nitrogens with two attached hydrogens (primary N) is 1. The van der Waals surface area contributed by atoms with Crippen LogP contribution in [0, 0.1) is 4.84 Å². The zero-order valence-electron chi connectivity index (χ0n) is 15.4. The monoisotopic (exact) mass is 414 g/mol. The minimum Gasteiger partial charge on any atom is -0.369 e. The first kappa shape index (κ1) is 18.0. The molecule has 2 aromatic carbocycles. The number of rotatable bonds is 3. The highest BCUT2D eigenvalue weighted by molar-refractivity contribution is 7.71. The van der Waals surface area contributed by atoms with Gasteiger partial charge in [-0.15, -0.1) is 0 Å². The summed E-state index contributed by atoms with van der Waals surface area (Å²) in [4.78, 5) is 26.1. The summed E-state index contributed by atoms with van der Waals surface area (Å²) in [6, 6.07) is 16.5. The van der Waals surface area contributed by atoms with Crippen LogP contribution >= 0.6 is 12.2 Å². The Morgan fingerprint density at radius 1 is 0.967 bits per heavy atom. The molecule has 5 aromatic rings. The Morgan fingerprint density at radius 2 is 1.77 bits per heavy atom. The van der Waals surface area contributed by atoms with E-state index in [9.17, 15) is 4.79 Å². The third kappa shape index (κ3) is 3.07. The molecule has 0 amide bonds. The Morgan fingerprint density at radius 3 is 2.53 bits per heavy atom. The second kappa shape index (κ2) is 7.05. The summed E-state index contributed by atoms with van der Waals surface area (Å²) in [7, 11) is 0. The van der Waals surface area contributed by atoms with Crippen molar-refractivity contribution in [3.63, 3.8) is 0 Å². The van der Waals surface area contributed by atoms with Crippen LogP contribution in [0.3, 0.4) is 0 Å². The van der Waals surface area contributed by atoms with Crippen LogP contribution in [0.4, 0.5) is 5.95 Å². The number of nitrogens with zero attached hydrogens (tertiary/aromatic N) is 4. The first-order valence-corrected chi connectivity index (χ1v) is 9.40. The number of pyridine rings is 1. The van der Waals surface area contributed by atoms with E-state index in [0.717, 1.165) is 11.1 Å². The molecule has 0 aliphatic rings. The zero-order chi connectivity index (χ0) is 20.7. The average Bonchev–Trinajstić information content (AvgIpc) is 3.21. The van der Waals surface area contributed by atoms with Gasteiger partial charge in [-0.05, 0) is 48.1 Å². The van der Waals surface area contributed by atoms with Crippen molar-refractivity contribution in [2.75, 3.05) is 5.73 Å². The topological polar surface area (TPSA) is 116 Å². The van der Waals surface area contributed by atoms with E-state index >= 15 is 0 Å². The van der Waals surface area contributed by atoms with E-state index in [1.54, 1.807) is 24.5 Å². The third-order valence-corrected chi connectivity index (χ3v) is 4.87. The molecule has 0 aliphatic carbocycles. The van der Waals surface area contributed by atoms with Crippen molar-refractivity contribution in [3.05, 3.63) is 82.2 Å². The molecule has 146 valence electrons. The Balaban J connectivity index is 1.67.